The molecule has 2 unspecified atom stereocenters. The number of nitrogen functional groups attached to an aromatic ring is 2. The van der Waals surface area contributed by atoms with Gasteiger partial charge in [0.2, 0.25) is 5.95 Å². The molecule has 4 aromatic heterocycles. The zero-order chi connectivity index (χ0) is 31.1. The summed E-state index contributed by atoms with van der Waals surface area (Å²) in [6.07, 6.45) is -7.75. The first kappa shape index (κ1) is 30.1. The normalized spacial score (nSPS) is 38.0. The van der Waals surface area contributed by atoms with Crippen molar-refractivity contribution in [2.45, 2.75) is 48.8 Å². The van der Waals surface area contributed by atoms with Gasteiger partial charge in [-0.1, -0.05) is 0 Å². The van der Waals surface area contributed by atoms with Crippen molar-refractivity contribution in [2.75, 3.05) is 24.7 Å². The van der Waals surface area contributed by atoms with E-state index in [9.17, 15) is 14.6 Å². The van der Waals surface area contributed by atoms with Gasteiger partial charge >= 0.3 is 6.72 Å². The highest BCUT2D eigenvalue weighted by atomic mass is 32.5. The fraction of sp³-hybridized carbons (Fsp3) is 0.500. The lowest BCUT2D eigenvalue weighted by Crippen LogP contribution is -2.36. The van der Waals surface area contributed by atoms with Gasteiger partial charge in [0.25, 0.3) is 5.56 Å². The van der Waals surface area contributed by atoms with E-state index in [1.807, 2.05) is 0 Å². The number of H-pyrrole nitrogens is 1. The van der Waals surface area contributed by atoms with Gasteiger partial charge in [0.05, 0.1) is 25.9 Å². The predicted octanol–water partition coefficient (Wildman–Crippen LogP) is -0.0859. The van der Waals surface area contributed by atoms with Crippen molar-refractivity contribution >= 4 is 70.9 Å². The Balaban J connectivity index is 1.25. The highest BCUT2D eigenvalue weighted by molar-refractivity contribution is 8.09. The van der Waals surface area contributed by atoms with Crippen molar-refractivity contribution in [3.8, 4) is 0 Å². The number of ether oxygens (including phenoxy) is 2. The van der Waals surface area contributed by atoms with E-state index >= 15 is 8.78 Å². The van der Waals surface area contributed by atoms with Crippen LogP contribution in [0.5, 0.6) is 0 Å². The number of alkyl halides is 2. The molecule has 0 amide bonds. The number of nitrogens with one attached hydrogen (secondary N) is 1. The van der Waals surface area contributed by atoms with E-state index in [1.165, 1.54) is 15.5 Å². The Kier molecular flexibility index (Phi) is 7.33. The van der Waals surface area contributed by atoms with Crippen molar-refractivity contribution in [3.63, 3.8) is 0 Å². The number of hydrogen-bond acceptors (Lipinski definition) is 15. The molecule has 7 N–H and O–H groups in total. The number of aromatic amines is 1. The summed E-state index contributed by atoms with van der Waals surface area (Å²) in [5, 5.41) is 0. The molecule has 0 radical (unpaired) electrons. The molecule has 3 aliphatic rings. The number of nitrogens with zero attached hydrogens (tertiary/aromatic N) is 7. The second-order valence-corrected chi connectivity index (χ2v) is 16.4. The molecule has 0 aliphatic carbocycles. The lowest BCUT2D eigenvalue weighted by molar-refractivity contribution is -0.0424. The average molecular weight is 695 g/mol. The molecule has 44 heavy (non-hydrogen) atoms. The van der Waals surface area contributed by atoms with Crippen LogP contribution in [-0.4, -0.2) is 98.4 Å². The van der Waals surface area contributed by atoms with Gasteiger partial charge in [0.1, 0.15) is 42.0 Å². The largest absolute Gasteiger partial charge is 0.382 e. The van der Waals surface area contributed by atoms with Gasteiger partial charge in [0, 0.05) is 0 Å². The third-order valence-electron chi connectivity index (χ3n) is 7.40. The molecular formula is C20H22F2N10O8P2S2. The first-order chi connectivity index (χ1) is 20.8. The number of fused-ring (bicyclic) bond motifs is 5. The number of imidazole rings is 2. The van der Waals surface area contributed by atoms with E-state index in [0.29, 0.717) is 0 Å². The average Bonchev–Trinajstić information content (AvgIpc) is 3.71. The minimum atomic E-state index is -4.26. The Labute approximate surface area is 254 Å². The summed E-state index contributed by atoms with van der Waals surface area (Å²) in [5.41, 5.74) is 9.43. The first-order valence-corrected chi connectivity index (χ1v) is 18.0. The number of nitrogens with two attached hydrogens (primary N) is 2. The zero-order valence-electron chi connectivity index (χ0n) is 21.9. The summed E-state index contributed by atoms with van der Waals surface area (Å²) in [6, 6.07) is 0. The van der Waals surface area contributed by atoms with Crippen LogP contribution in [0.25, 0.3) is 22.3 Å². The molecule has 3 aliphatic heterocycles. The van der Waals surface area contributed by atoms with Crippen LogP contribution < -0.4 is 17.0 Å². The predicted molar refractivity (Wildman–Crippen MR) is 153 cm³/mol. The van der Waals surface area contributed by atoms with Crippen LogP contribution in [0.1, 0.15) is 12.5 Å². The van der Waals surface area contributed by atoms with E-state index in [0.717, 1.165) is 12.7 Å². The fourth-order valence-electron chi connectivity index (χ4n) is 5.40. The van der Waals surface area contributed by atoms with Gasteiger partial charge in [-0.3, -0.25) is 23.4 Å². The highest BCUT2D eigenvalue weighted by Gasteiger charge is 2.56. The van der Waals surface area contributed by atoms with Gasteiger partial charge in [-0.2, -0.15) is 4.98 Å². The first-order valence-electron chi connectivity index (χ1n) is 12.7. The third-order valence-corrected chi connectivity index (χ3v) is 11.8. The smallest absolute Gasteiger partial charge is 0.325 e. The quantitative estimate of drug-likeness (QED) is 0.172. The SMILES string of the molecule is Nc1nc2c(ncn2[C@@H]2O[C@@H]3COP(O)(=S)O[C@H]4[C@H](F)[C@H](n5cnc6c(N)ncnc65)O[C@@H]4COP(O)(=S)[C@@H]2[C@@H]3F)c(=O)[nH]1. The summed E-state index contributed by atoms with van der Waals surface area (Å²) in [7, 11) is 0. The lowest BCUT2D eigenvalue weighted by atomic mass is 10.1. The van der Waals surface area contributed by atoms with E-state index in [2.05, 4.69) is 29.9 Å². The van der Waals surface area contributed by atoms with E-state index in [-0.39, 0.29) is 34.1 Å². The number of anilines is 2. The summed E-state index contributed by atoms with van der Waals surface area (Å²) < 4.78 is 62.9. The van der Waals surface area contributed by atoms with Crippen LogP contribution in [-0.2, 0) is 46.7 Å². The van der Waals surface area contributed by atoms with Gasteiger partial charge in [0.15, 0.2) is 47.7 Å². The fourth-order valence-corrected chi connectivity index (χ4v) is 9.30. The summed E-state index contributed by atoms with van der Waals surface area (Å²) in [6.45, 7) is -9.76. The number of rotatable bonds is 2. The van der Waals surface area contributed by atoms with Gasteiger partial charge < -0.3 is 39.8 Å². The number of aromatic nitrogens is 8. The van der Waals surface area contributed by atoms with Crippen molar-refractivity contribution in [2.24, 2.45) is 0 Å². The maximum Gasteiger partial charge on any atom is 0.325 e. The summed E-state index contributed by atoms with van der Waals surface area (Å²) in [4.78, 5) is 57.1. The molecular weight excluding hydrogens is 672 g/mol. The Hall–Kier alpha value is -2.62. The number of halogens is 2. The van der Waals surface area contributed by atoms with E-state index < -0.39 is 80.8 Å². The van der Waals surface area contributed by atoms with E-state index in [4.69, 9.17) is 58.1 Å². The summed E-state index contributed by atoms with van der Waals surface area (Å²) >= 11 is 10.6. The molecule has 3 saturated heterocycles. The van der Waals surface area contributed by atoms with Crippen molar-refractivity contribution in [3.05, 3.63) is 29.3 Å². The lowest BCUT2D eigenvalue weighted by Gasteiger charge is -2.30. The molecule has 2 bridgehead atoms. The zero-order valence-corrected chi connectivity index (χ0v) is 25.3. The molecule has 10 atom stereocenters. The van der Waals surface area contributed by atoms with Gasteiger partial charge in [-0.05, 0) is 23.6 Å². The monoisotopic (exact) mass is 694 g/mol. The molecule has 0 aromatic carbocycles. The maximum absolute atomic E-state index is 16.0. The molecule has 18 nitrogen and oxygen atoms in total. The molecule has 0 saturated carbocycles. The van der Waals surface area contributed by atoms with Crippen LogP contribution in [0.15, 0.2) is 23.8 Å². The summed E-state index contributed by atoms with van der Waals surface area (Å²) in [5.74, 6) is -0.201. The molecule has 7 heterocycles. The van der Waals surface area contributed by atoms with Crippen LogP contribution in [0, 0.1) is 0 Å². The molecule has 3 fully saturated rings. The Bertz CT molecular complexity index is 1930. The third kappa shape index (κ3) is 4.94. The Morgan fingerprint density at radius 2 is 1.61 bits per heavy atom. The Morgan fingerprint density at radius 1 is 0.932 bits per heavy atom. The maximum atomic E-state index is 16.0. The van der Waals surface area contributed by atoms with Crippen LogP contribution in [0.3, 0.4) is 0 Å². The highest BCUT2D eigenvalue weighted by Crippen LogP contribution is 2.60. The van der Waals surface area contributed by atoms with Crippen molar-refractivity contribution in [1.29, 1.82) is 0 Å². The van der Waals surface area contributed by atoms with Gasteiger partial charge in [-0.25, -0.2) is 28.7 Å². The number of hydrogen-bond donors (Lipinski definition) is 5. The molecule has 7 rings (SSSR count). The second-order valence-electron chi connectivity index (χ2n) is 10.1. The van der Waals surface area contributed by atoms with Crippen molar-refractivity contribution in [1.82, 2.24) is 39.0 Å². The van der Waals surface area contributed by atoms with Gasteiger partial charge in [-0.15, -0.1) is 0 Å². The Morgan fingerprint density at radius 3 is 2.39 bits per heavy atom. The minimum absolute atomic E-state index is 0.0502. The second kappa shape index (κ2) is 10.7. The van der Waals surface area contributed by atoms with Crippen molar-refractivity contribution < 1.29 is 41.6 Å². The van der Waals surface area contributed by atoms with Crippen LogP contribution in [0.2, 0.25) is 0 Å². The standard InChI is InChI=1S/C20H22F2N10O8P2S2/c21-8-6-1-37-42(35,44)40-12-7(39-18(9(12)22)31-4-27-10-14(23)25-3-26-15(10)31)2-36-41(34,43)13(8)19(38-6)32-5-28-11-16(32)29-20(24)30-17(11)33/h3-9,12-13,18-19H,1-2H2,(H,34,43)(H,35,44)(H2,23,25,26)(H3,24,29,30,33)/t6-,7-,8-,9+,12-,13-,18-,19-,41?,42?/m1/s1. The molecule has 4 aromatic rings. The molecule has 24 heteroatoms. The molecule has 236 valence electrons. The molecule has 0 spiro atoms. The minimum Gasteiger partial charge on any atom is -0.382 e. The van der Waals surface area contributed by atoms with Crippen LogP contribution in [0.4, 0.5) is 20.5 Å². The van der Waals surface area contributed by atoms with Crippen LogP contribution >= 0.6 is 13.2 Å². The van der Waals surface area contributed by atoms with E-state index in [1.54, 1.807) is 0 Å². The topological polar surface area (TPSA) is 246 Å².